The Bertz CT molecular complexity index is 983. The van der Waals surface area contributed by atoms with Crippen molar-refractivity contribution in [3.05, 3.63) is 53.1 Å². The van der Waals surface area contributed by atoms with Crippen LogP contribution >= 0.6 is 0 Å². The highest BCUT2D eigenvalue weighted by Gasteiger charge is 2.34. The summed E-state index contributed by atoms with van der Waals surface area (Å²) < 4.78 is 45.6. The van der Waals surface area contributed by atoms with Crippen LogP contribution in [0.5, 0.6) is 5.75 Å². The van der Waals surface area contributed by atoms with Gasteiger partial charge in [0.25, 0.3) is 0 Å². The standard InChI is InChI=1S/C23H24F3NO4/c1-3-27(22(30)15-5-6-15)13-16-12-17(23(24,25)26)7-8-18(16)19-10-14(11-21(28)29)4-9-20(19)31-2/h4,7-10,12,15H,3,5-6,11,13H2,1-2H3,(H,28,29)/p-1. The summed E-state index contributed by atoms with van der Waals surface area (Å²) in [4.78, 5) is 25.1. The van der Waals surface area contributed by atoms with Gasteiger partial charge in [-0.1, -0.05) is 12.1 Å². The Morgan fingerprint density at radius 3 is 2.39 bits per heavy atom. The SMILES string of the molecule is CCN(Cc1cc(C(F)(F)F)ccc1-c1cc(CC(=O)[O-])ccc1OC)C(=O)C1CC1. The van der Waals surface area contributed by atoms with E-state index in [2.05, 4.69) is 0 Å². The fourth-order valence-corrected chi connectivity index (χ4v) is 3.55. The molecule has 0 saturated heterocycles. The molecule has 166 valence electrons. The van der Waals surface area contributed by atoms with Crippen LogP contribution in [-0.4, -0.2) is 30.4 Å². The van der Waals surface area contributed by atoms with Gasteiger partial charge in [-0.15, -0.1) is 0 Å². The lowest BCUT2D eigenvalue weighted by Crippen LogP contribution is -2.31. The molecule has 0 N–H and O–H groups in total. The number of alkyl halides is 3. The Kier molecular flexibility index (Phi) is 6.57. The highest BCUT2D eigenvalue weighted by Crippen LogP contribution is 2.38. The Hall–Kier alpha value is -3.03. The summed E-state index contributed by atoms with van der Waals surface area (Å²) in [6, 6.07) is 8.07. The van der Waals surface area contributed by atoms with Crippen molar-refractivity contribution < 1.29 is 32.6 Å². The van der Waals surface area contributed by atoms with E-state index in [0.29, 0.717) is 34.5 Å². The molecule has 0 heterocycles. The number of amides is 1. The first-order valence-corrected chi connectivity index (χ1v) is 10.00. The van der Waals surface area contributed by atoms with E-state index in [1.807, 2.05) is 0 Å². The van der Waals surface area contributed by atoms with Crippen LogP contribution in [0.2, 0.25) is 0 Å². The number of nitrogens with zero attached hydrogens (tertiary/aromatic N) is 1. The molecule has 0 bridgehead atoms. The number of benzene rings is 2. The van der Waals surface area contributed by atoms with Gasteiger partial charge in [-0.25, -0.2) is 0 Å². The average Bonchev–Trinajstić information content (AvgIpc) is 3.55. The summed E-state index contributed by atoms with van der Waals surface area (Å²) in [6.45, 7) is 2.17. The first kappa shape index (κ1) is 22.7. The van der Waals surface area contributed by atoms with E-state index >= 15 is 0 Å². The monoisotopic (exact) mass is 434 g/mol. The Morgan fingerprint density at radius 1 is 1.13 bits per heavy atom. The van der Waals surface area contributed by atoms with Gasteiger partial charge in [0.15, 0.2) is 0 Å². The molecule has 1 saturated carbocycles. The number of carbonyl (C=O) groups excluding carboxylic acids is 2. The maximum Gasteiger partial charge on any atom is 0.416 e. The number of hydrogen-bond donors (Lipinski definition) is 0. The molecule has 3 rings (SSSR count). The van der Waals surface area contributed by atoms with Crippen molar-refractivity contribution in [1.82, 2.24) is 4.90 Å². The van der Waals surface area contributed by atoms with Gasteiger partial charge in [-0.05, 0) is 60.7 Å². The van der Waals surface area contributed by atoms with Gasteiger partial charge in [0, 0.05) is 37.0 Å². The number of aliphatic carboxylic acids is 1. The van der Waals surface area contributed by atoms with Crippen LogP contribution in [0.25, 0.3) is 11.1 Å². The molecule has 0 radical (unpaired) electrons. The normalized spacial score (nSPS) is 13.7. The van der Waals surface area contributed by atoms with Gasteiger partial charge in [0.05, 0.1) is 12.7 Å². The molecule has 2 aromatic carbocycles. The predicted molar refractivity (Wildman–Crippen MR) is 106 cm³/mol. The predicted octanol–water partition coefficient (Wildman–Crippen LogP) is 3.43. The minimum atomic E-state index is -4.54. The van der Waals surface area contributed by atoms with E-state index in [9.17, 15) is 27.9 Å². The average molecular weight is 434 g/mol. The second-order valence-electron chi connectivity index (χ2n) is 7.58. The first-order chi connectivity index (χ1) is 14.6. The Balaban J connectivity index is 2.10. The topological polar surface area (TPSA) is 69.7 Å². The second kappa shape index (κ2) is 8.99. The van der Waals surface area contributed by atoms with Crippen LogP contribution in [0.15, 0.2) is 36.4 Å². The highest BCUT2D eigenvalue weighted by atomic mass is 19.4. The maximum absolute atomic E-state index is 13.4. The zero-order valence-electron chi connectivity index (χ0n) is 17.3. The van der Waals surface area contributed by atoms with Crippen molar-refractivity contribution in [2.75, 3.05) is 13.7 Å². The van der Waals surface area contributed by atoms with Gasteiger partial charge in [-0.3, -0.25) is 4.79 Å². The van der Waals surface area contributed by atoms with E-state index < -0.39 is 17.7 Å². The fourth-order valence-electron chi connectivity index (χ4n) is 3.55. The molecule has 0 aliphatic heterocycles. The molecular formula is C23H23F3NO4-. The minimum Gasteiger partial charge on any atom is -0.550 e. The zero-order valence-corrected chi connectivity index (χ0v) is 17.3. The van der Waals surface area contributed by atoms with E-state index in [-0.39, 0.29) is 24.8 Å². The fraction of sp³-hybridized carbons (Fsp3) is 0.391. The molecule has 1 fully saturated rings. The lowest BCUT2D eigenvalue weighted by atomic mass is 9.94. The Labute approximate surface area is 178 Å². The van der Waals surface area contributed by atoms with E-state index in [4.69, 9.17) is 4.74 Å². The van der Waals surface area contributed by atoms with Gasteiger partial charge >= 0.3 is 6.18 Å². The molecule has 2 aromatic rings. The quantitative estimate of drug-likeness (QED) is 0.638. The van der Waals surface area contributed by atoms with Gasteiger partial charge < -0.3 is 19.5 Å². The molecule has 0 aromatic heterocycles. The zero-order chi connectivity index (χ0) is 22.8. The Morgan fingerprint density at radius 2 is 1.84 bits per heavy atom. The summed E-state index contributed by atoms with van der Waals surface area (Å²) >= 11 is 0. The van der Waals surface area contributed by atoms with Gasteiger partial charge in [0.2, 0.25) is 5.91 Å². The summed E-state index contributed by atoms with van der Waals surface area (Å²) in [6.07, 6.45) is -3.28. The van der Waals surface area contributed by atoms with Crippen molar-refractivity contribution in [3.8, 4) is 16.9 Å². The third kappa shape index (κ3) is 5.37. The molecule has 1 amide bonds. The van der Waals surface area contributed by atoms with Crippen LogP contribution in [0.1, 0.15) is 36.5 Å². The van der Waals surface area contributed by atoms with Crippen LogP contribution in [-0.2, 0) is 28.7 Å². The summed E-state index contributed by atoms with van der Waals surface area (Å²) in [5, 5.41) is 11.0. The minimum absolute atomic E-state index is 0.0129. The van der Waals surface area contributed by atoms with Gasteiger partial charge in [-0.2, -0.15) is 13.2 Å². The molecule has 1 aliphatic carbocycles. The van der Waals surface area contributed by atoms with Crippen molar-refractivity contribution in [2.45, 2.75) is 38.9 Å². The second-order valence-corrected chi connectivity index (χ2v) is 7.58. The number of ether oxygens (including phenoxy) is 1. The number of carboxylic acids is 1. The van der Waals surface area contributed by atoms with Crippen molar-refractivity contribution in [1.29, 1.82) is 0 Å². The van der Waals surface area contributed by atoms with E-state index in [0.717, 1.165) is 25.0 Å². The molecule has 0 unspecified atom stereocenters. The lowest BCUT2D eigenvalue weighted by Gasteiger charge is -2.24. The van der Waals surface area contributed by atoms with Crippen LogP contribution < -0.4 is 9.84 Å². The summed E-state index contributed by atoms with van der Waals surface area (Å²) in [7, 11) is 1.43. The van der Waals surface area contributed by atoms with E-state index in [1.165, 1.54) is 13.2 Å². The van der Waals surface area contributed by atoms with Crippen molar-refractivity contribution in [3.63, 3.8) is 0 Å². The molecule has 8 heteroatoms. The number of hydrogen-bond acceptors (Lipinski definition) is 4. The first-order valence-electron chi connectivity index (χ1n) is 10.00. The van der Waals surface area contributed by atoms with Crippen molar-refractivity contribution in [2.24, 2.45) is 5.92 Å². The maximum atomic E-state index is 13.4. The van der Waals surface area contributed by atoms with Crippen molar-refractivity contribution >= 4 is 11.9 Å². The lowest BCUT2D eigenvalue weighted by molar-refractivity contribution is -0.304. The number of rotatable bonds is 8. The molecule has 0 atom stereocenters. The smallest absolute Gasteiger partial charge is 0.416 e. The summed E-state index contributed by atoms with van der Waals surface area (Å²) in [5.74, 6) is -1.01. The number of carboxylic acid groups (broad SMARTS) is 1. The number of carbonyl (C=O) groups is 2. The van der Waals surface area contributed by atoms with E-state index in [1.54, 1.807) is 30.0 Å². The summed E-state index contributed by atoms with van der Waals surface area (Å²) in [5.41, 5.74) is 0.843. The number of methoxy groups -OCH3 is 1. The highest BCUT2D eigenvalue weighted by molar-refractivity contribution is 5.82. The molecule has 31 heavy (non-hydrogen) atoms. The van der Waals surface area contributed by atoms with Crippen LogP contribution in [0.3, 0.4) is 0 Å². The third-order valence-electron chi connectivity index (χ3n) is 5.32. The molecular weight excluding hydrogens is 411 g/mol. The largest absolute Gasteiger partial charge is 0.550 e. The molecule has 0 spiro atoms. The third-order valence-corrected chi connectivity index (χ3v) is 5.32. The molecule has 1 aliphatic rings. The van der Waals surface area contributed by atoms with Crippen LogP contribution in [0, 0.1) is 5.92 Å². The number of halogens is 3. The van der Waals surface area contributed by atoms with Gasteiger partial charge in [0.1, 0.15) is 5.75 Å². The van der Waals surface area contributed by atoms with Crippen LogP contribution in [0.4, 0.5) is 13.2 Å². The molecule has 5 nitrogen and oxygen atoms in total.